The second-order valence-corrected chi connectivity index (χ2v) is 2.94. The second-order valence-electron chi connectivity index (χ2n) is 2.94. The Morgan fingerprint density at radius 3 is 2.94 bits per heavy atom. The first kappa shape index (κ1) is 13.2. The number of carbonyl (C=O) groups excluding carboxylic acids is 2. The Kier molecular flexibility index (Phi) is 4.64. The minimum atomic E-state index is -1.94. The van der Waals surface area contributed by atoms with Crippen LogP contribution in [0.5, 0.6) is 0 Å². The minimum Gasteiger partial charge on any atom is -0.431 e. The molecule has 0 saturated carbocycles. The van der Waals surface area contributed by atoms with E-state index >= 15 is 0 Å². The Morgan fingerprint density at radius 2 is 2.29 bits per heavy atom. The van der Waals surface area contributed by atoms with Crippen LogP contribution in [0.2, 0.25) is 0 Å². The number of cyclic esters (lactones) is 4. The van der Waals surface area contributed by atoms with Crippen LogP contribution in [-0.2, 0) is 19.0 Å². The first-order chi connectivity index (χ1) is 8.04. The van der Waals surface area contributed by atoms with E-state index in [1.165, 1.54) is 7.11 Å². The van der Waals surface area contributed by atoms with Crippen LogP contribution in [-0.4, -0.2) is 55.7 Å². The van der Waals surface area contributed by atoms with Gasteiger partial charge in [-0.05, 0) is 0 Å². The fraction of sp³-hybridized carbons (Fsp3) is 0.625. The summed E-state index contributed by atoms with van der Waals surface area (Å²) in [7, 11) is 1.19. The van der Waals surface area contributed by atoms with Gasteiger partial charge in [0, 0.05) is 0 Å². The Morgan fingerprint density at radius 1 is 1.59 bits per heavy atom. The summed E-state index contributed by atoms with van der Waals surface area (Å²) >= 11 is 0. The lowest BCUT2D eigenvalue weighted by Gasteiger charge is -2.25. The number of ether oxygens (including phenoxy) is 3. The summed E-state index contributed by atoms with van der Waals surface area (Å²) in [4.78, 5) is 25.8. The van der Waals surface area contributed by atoms with Crippen LogP contribution in [0.15, 0.2) is 5.16 Å². The van der Waals surface area contributed by atoms with E-state index in [0.717, 1.165) is 0 Å². The van der Waals surface area contributed by atoms with Crippen molar-refractivity contribution in [2.24, 2.45) is 5.16 Å². The minimum absolute atomic E-state index is 0.571. The van der Waals surface area contributed by atoms with Crippen LogP contribution in [0.4, 0.5) is 14.0 Å². The molecule has 1 saturated heterocycles. The molecule has 1 heterocycles. The fourth-order valence-electron chi connectivity index (χ4n) is 1.04. The van der Waals surface area contributed by atoms with E-state index in [1.54, 1.807) is 0 Å². The molecule has 0 aliphatic carbocycles. The average molecular weight is 251 g/mol. The first-order valence-electron chi connectivity index (χ1n) is 4.48. The highest BCUT2D eigenvalue weighted by atomic mass is 19.1. The molecule has 0 unspecified atom stereocenters. The quantitative estimate of drug-likeness (QED) is 0.325. The Bertz CT molecular complexity index is 321. The van der Waals surface area contributed by atoms with Crippen LogP contribution >= 0.6 is 0 Å². The van der Waals surface area contributed by atoms with Crippen molar-refractivity contribution >= 4 is 18.5 Å². The molecule has 0 spiro atoms. The SMILES string of the molecule is CON=C[C@@H](F)[C@@H]1OC(=O)OC(=O)OC[C@H]1O. The van der Waals surface area contributed by atoms with Crippen molar-refractivity contribution < 1.29 is 38.1 Å². The van der Waals surface area contributed by atoms with Gasteiger partial charge < -0.3 is 24.2 Å². The van der Waals surface area contributed by atoms with Crippen LogP contribution in [0.25, 0.3) is 0 Å². The normalized spacial score (nSPS) is 27.5. The summed E-state index contributed by atoms with van der Waals surface area (Å²) in [6.45, 7) is -0.571. The predicted octanol–water partition coefficient (Wildman–Crippen LogP) is -0.0104. The van der Waals surface area contributed by atoms with Crippen molar-refractivity contribution in [2.75, 3.05) is 13.7 Å². The maximum atomic E-state index is 13.4. The lowest BCUT2D eigenvalue weighted by atomic mass is 10.1. The number of hydrogen-bond donors (Lipinski definition) is 1. The van der Waals surface area contributed by atoms with Gasteiger partial charge in [0.05, 0.1) is 6.21 Å². The Labute approximate surface area is 94.9 Å². The molecular weight excluding hydrogens is 241 g/mol. The molecule has 9 heteroatoms. The molecule has 1 fully saturated rings. The zero-order valence-corrected chi connectivity index (χ0v) is 8.74. The van der Waals surface area contributed by atoms with Gasteiger partial charge in [0.25, 0.3) is 0 Å². The molecule has 1 aliphatic heterocycles. The van der Waals surface area contributed by atoms with E-state index in [4.69, 9.17) is 0 Å². The summed E-state index contributed by atoms with van der Waals surface area (Å²) in [5.41, 5.74) is 0. The molecule has 1 rings (SSSR count). The molecule has 8 nitrogen and oxygen atoms in total. The van der Waals surface area contributed by atoms with E-state index in [0.29, 0.717) is 6.21 Å². The second kappa shape index (κ2) is 5.99. The molecule has 0 aromatic rings. The van der Waals surface area contributed by atoms with E-state index < -0.39 is 37.3 Å². The molecule has 0 bridgehead atoms. The number of aliphatic hydroxyl groups is 1. The molecule has 1 aliphatic rings. The van der Waals surface area contributed by atoms with Crippen molar-refractivity contribution in [1.29, 1.82) is 0 Å². The van der Waals surface area contributed by atoms with Crippen molar-refractivity contribution in [2.45, 2.75) is 18.4 Å². The van der Waals surface area contributed by atoms with Crippen molar-refractivity contribution in [3.05, 3.63) is 0 Å². The van der Waals surface area contributed by atoms with Crippen LogP contribution < -0.4 is 0 Å². The Balaban J connectivity index is 2.70. The molecule has 0 amide bonds. The van der Waals surface area contributed by atoms with Gasteiger partial charge in [-0.1, -0.05) is 5.16 Å². The van der Waals surface area contributed by atoms with Crippen molar-refractivity contribution in [1.82, 2.24) is 0 Å². The lowest BCUT2D eigenvalue weighted by molar-refractivity contribution is -0.0889. The number of hydrogen-bond acceptors (Lipinski definition) is 8. The van der Waals surface area contributed by atoms with Crippen LogP contribution in [0, 0.1) is 0 Å². The maximum absolute atomic E-state index is 13.4. The van der Waals surface area contributed by atoms with E-state index in [1.807, 2.05) is 0 Å². The third-order valence-electron chi connectivity index (χ3n) is 1.77. The number of rotatable bonds is 3. The van der Waals surface area contributed by atoms with E-state index in [-0.39, 0.29) is 0 Å². The topological polar surface area (TPSA) is 104 Å². The zero-order chi connectivity index (χ0) is 12.8. The summed E-state index contributed by atoms with van der Waals surface area (Å²) in [5, 5.41) is 12.6. The number of oxime groups is 1. The van der Waals surface area contributed by atoms with Gasteiger partial charge >= 0.3 is 12.3 Å². The fourth-order valence-corrected chi connectivity index (χ4v) is 1.04. The lowest BCUT2D eigenvalue weighted by Crippen LogP contribution is -2.45. The standard InChI is InChI=1S/C8H10FNO7/c1-14-10-2-4(9)6-5(11)3-15-7(12)17-8(13)16-6/h2,4-6,11H,3H2,1H3/t4-,5-,6+/m1/s1. The monoisotopic (exact) mass is 251 g/mol. The molecule has 0 radical (unpaired) electrons. The number of aliphatic hydroxyl groups excluding tert-OH is 1. The summed E-state index contributed by atoms with van der Waals surface area (Å²) < 4.78 is 26.1. The molecular formula is C8H10FNO7. The molecule has 0 aromatic heterocycles. The van der Waals surface area contributed by atoms with Gasteiger partial charge in [-0.25, -0.2) is 14.0 Å². The van der Waals surface area contributed by atoms with E-state index in [2.05, 4.69) is 24.2 Å². The molecule has 0 aromatic carbocycles. The van der Waals surface area contributed by atoms with Gasteiger partial charge in [-0.2, -0.15) is 0 Å². The highest BCUT2D eigenvalue weighted by Crippen LogP contribution is 2.13. The smallest absolute Gasteiger partial charge is 0.431 e. The third kappa shape index (κ3) is 3.87. The van der Waals surface area contributed by atoms with E-state index in [9.17, 15) is 19.1 Å². The maximum Gasteiger partial charge on any atom is 0.519 e. The molecule has 17 heavy (non-hydrogen) atoms. The summed E-state index contributed by atoms with van der Waals surface area (Å²) in [5.74, 6) is 0. The van der Waals surface area contributed by atoms with Gasteiger partial charge in [0.1, 0.15) is 19.8 Å². The summed E-state index contributed by atoms with van der Waals surface area (Å²) in [6.07, 6.45) is -7.18. The largest absolute Gasteiger partial charge is 0.519 e. The number of nitrogens with zero attached hydrogens (tertiary/aromatic N) is 1. The van der Waals surface area contributed by atoms with Gasteiger partial charge in [-0.15, -0.1) is 0 Å². The van der Waals surface area contributed by atoms with Crippen molar-refractivity contribution in [3.8, 4) is 0 Å². The van der Waals surface area contributed by atoms with Gasteiger partial charge in [0.2, 0.25) is 0 Å². The van der Waals surface area contributed by atoms with Crippen molar-refractivity contribution in [3.63, 3.8) is 0 Å². The average Bonchev–Trinajstić information content (AvgIpc) is 2.28. The highest BCUT2D eigenvalue weighted by molar-refractivity contribution is 5.77. The first-order valence-corrected chi connectivity index (χ1v) is 4.48. The number of alkyl halides is 1. The Hall–Kier alpha value is -1.90. The molecule has 3 atom stereocenters. The molecule has 96 valence electrons. The van der Waals surface area contributed by atoms with Crippen LogP contribution in [0.1, 0.15) is 0 Å². The van der Waals surface area contributed by atoms with Gasteiger partial charge in [0.15, 0.2) is 12.3 Å². The third-order valence-corrected chi connectivity index (χ3v) is 1.77. The zero-order valence-electron chi connectivity index (χ0n) is 8.74. The number of carbonyl (C=O) groups is 2. The molecule has 1 N–H and O–H groups in total. The van der Waals surface area contributed by atoms with Gasteiger partial charge in [-0.3, -0.25) is 0 Å². The number of halogens is 1. The highest BCUT2D eigenvalue weighted by Gasteiger charge is 2.36. The van der Waals surface area contributed by atoms with Crippen LogP contribution in [0.3, 0.4) is 0 Å². The summed E-state index contributed by atoms with van der Waals surface area (Å²) in [6, 6.07) is 0. The predicted molar refractivity (Wildman–Crippen MR) is 49.1 cm³/mol.